The van der Waals surface area contributed by atoms with E-state index in [4.69, 9.17) is 16.3 Å². The summed E-state index contributed by atoms with van der Waals surface area (Å²) in [6, 6.07) is 19.9. The number of hydrogen-bond donors (Lipinski definition) is 1. The zero-order chi connectivity index (χ0) is 21.7. The molecule has 0 saturated carbocycles. The van der Waals surface area contributed by atoms with Crippen molar-refractivity contribution >= 4 is 33.2 Å². The van der Waals surface area contributed by atoms with E-state index in [1.54, 1.807) is 55.6 Å². The molecule has 0 unspecified atom stereocenters. The lowest BCUT2D eigenvalue weighted by atomic mass is 10.1. The summed E-state index contributed by atoms with van der Waals surface area (Å²) in [6.07, 6.45) is 0. The topological polar surface area (TPSA) is 75.7 Å². The molecule has 0 aliphatic rings. The van der Waals surface area contributed by atoms with E-state index in [2.05, 4.69) is 5.32 Å². The Morgan fingerprint density at radius 3 is 2.33 bits per heavy atom. The first-order valence-corrected chi connectivity index (χ1v) is 10.9. The Morgan fingerprint density at radius 2 is 1.70 bits per heavy atom. The van der Waals surface area contributed by atoms with E-state index in [0.717, 1.165) is 5.56 Å². The van der Waals surface area contributed by atoms with E-state index in [1.165, 1.54) is 35.6 Å². The fourth-order valence-corrected chi connectivity index (χ4v) is 4.08. The molecular weight excluding hydrogens is 424 g/mol. The van der Waals surface area contributed by atoms with Crippen LogP contribution in [-0.2, 0) is 16.6 Å². The molecule has 0 spiro atoms. The van der Waals surface area contributed by atoms with Crippen LogP contribution in [0.4, 0.5) is 5.69 Å². The number of benzene rings is 3. The summed E-state index contributed by atoms with van der Waals surface area (Å²) < 4.78 is 31.8. The molecule has 0 radical (unpaired) electrons. The highest BCUT2D eigenvalue weighted by Gasteiger charge is 2.21. The highest BCUT2D eigenvalue weighted by molar-refractivity contribution is 7.89. The lowest BCUT2D eigenvalue weighted by Crippen LogP contribution is -2.26. The molecule has 0 saturated heterocycles. The number of nitrogens with zero attached hydrogens (tertiary/aromatic N) is 1. The normalized spacial score (nSPS) is 11.3. The number of hydrogen-bond acceptors (Lipinski definition) is 4. The van der Waals surface area contributed by atoms with Crippen molar-refractivity contribution in [3.05, 3.63) is 88.9 Å². The number of anilines is 1. The summed E-state index contributed by atoms with van der Waals surface area (Å²) in [5.74, 6) is 0.380. The van der Waals surface area contributed by atoms with Gasteiger partial charge in [0.15, 0.2) is 0 Å². The standard InChI is InChI=1S/C22H21ClN2O4S/c1-25(30(27,28)21-12-10-18(23)11-13-21)15-16-6-8-17(9-7-16)22(26)24-19-4-3-5-20(14-19)29-2/h3-14H,15H2,1-2H3,(H,24,26). The molecule has 1 amide bonds. The lowest BCUT2D eigenvalue weighted by molar-refractivity contribution is 0.102. The second-order valence-electron chi connectivity index (χ2n) is 6.60. The van der Waals surface area contributed by atoms with E-state index < -0.39 is 10.0 Å². The predicted octanol–water partition coefficient (Wildman–Crippen LogP) is 4.42. The molecule has 3 aromatic rings. The number of amides is 1. The number of sulfonamides is 1. The maximum atomic E-state index is 12.7. The van der Waals surface area contributed by atoms with Crippen molar-refractivity contribution in [1.82, 2.24) is 4.31 Å². The number of methoxy groups -OCH3 is 1. The number of halogens is 1. The van der Waals surface area contributed by atoms with Gasteiger partial charge in [-0.1, -0.05) is 29.8 Å². The Bertz CT molecular complexity index is 1130. The first kappa shape index (κ1) is 21.8. The highest BCUT2D eigenvalue weighted by Crippen LogP contribution is 2.20. The molecule has 3 aromatic carbocycles. The third-order valence-corrected chi connectivity index (χ3v) is 6.54. The van der Waals surface area contributed by atoms with Crippen LogP contribution < -0.4 is 10.1 Å². The van der Waals surface area contributed by atoms with Crippen molar-refractivity contribution < 1.29 is 17.9 Å². The van der Waals surface area contributed by atoms with Gasteiger partial charge in [-0.3, -0.25) is 4.79 Å². The van der Waals surface area contributed by atoms with Crippen molar-refractivity contribution in [2.75, 3.05) is 19.5 Å². The Labute approximate surface area is 181 Å². The average Bonchev–Trinajstić information content (AvgIpc) is 2.74. The van der Waals surface area contributed by atoms with Crippen LogP contribution in [0.3, 0.4) is 0 Å². The average molecular weight is 445 g/mol. The van der Waals surface area contributed by atoms with Gasteiger partial charge in [0.2, 0.25) is 10.0 Å². The number of nitrogens with one attached hydrogen (secondary N) is 1. The van der Waals surface area contributed by atoms with E-state index in [-0.39, 0.29) is 17.3 Å². The predicted molar refractivity (Wildman–Crippen MR) is 117 cm³/mol. The molecule has 0 aromatic heterocycles. The molecule has 156 valence electrons. The summed E-state index contributed by atoms with van der Waals surface area (Å²) in [5.41, 5.74) is 1.84. The van der Waals surface area contributed by atoms with Crippen LogP contribution in [-0.4, -0.2) is 32.8 Å². The number of carbonyl (C=O) groups excluding carboxylic acids is 1. The highest BCUT2D eigenvalue weighted by atomic mass is 35.5. The largest absolute Gasteiger partial charge is 0.497 e. The van der Waals surface area contributed by atoms with Crippen molar-refractivity contribution in [2.45, 2.75) is 11.4 Å². The smallest absolute Gasteiger partial charge is 0.255 e. The third kappa shape index (κ3) is 5.18. The van der Waals surface area contributed by atoms with Gasteiger partial charge in [0.25, 0.3) is 5.91 Å². The summed E-state index contributed by atoms with van der Waals surface area (Å²) >= 11 is 5.83. The van der Waals surface area contributed by atoms with Gasteiger partial charge in [-0.2, -0.15) is 4.31 Å². The molecule has 0 bridgehead atoms. The Balaban J connectivity index is 1.67. The fraction of sp³-hybridized carbons (Fsp3) is 0.136. The van der Waals surface area contributed by atoms with E-state index in [9.17, 15) is 13.2 Å². The van der Waals surface area contributed by atoms with Crippen LogP contribution in [0.15, 0.2) is 77.7 Å². The lowest BCUT2D eigenvalue weighted by Gasteiger charge is -2.17. The van der Waals surface area contributed by atoms with Gasteiger partial charge in [-0.25, -0.2) is 8.42 Å². The number of rotatable bonds is 7. The summed E-state index contributed by atoms with van der Waals surface area (Å²) in [6.45, 7) is 0.169. The van der Waals surface area contributed by atoms with Gasteiger partial charge >= 0.3 is 0 Å². The number of carbonyl (C=O) groups is 1. The molecule has 0 heterocycles. The number of ether oxygens (including phenoxy) is 1. The Kier molecular flexibility index (Phi) is 6.77. The molecular formula is C22H21ClN2O4S. The van der Waals surface area contributed by atoms with Crippen LogP contribution in [0.5, 0.6) is 5.75 Å². The van der Waals surface area contributed by atoms with Crippen molar-refractivity contribution in [1.29, 1.82) is 0 Å². The van der Waals surface area contributed by atoms with Crippen molar-refractivity contribution in [3.8, 4) is 5.75 Å². The molecule has 0 aliphatic carbocycles. The van der Waals surface area contributed by atoms with Crippen molar-refractivity contribution in [3.63, 3.8) is 0 Å². The zero-order valence-corrected chi connectivity index (χ0v) is 18.1. The first-order valence-electron chi connectivity index (χ1n) is 9.06. The summed E-state index contributed by atoms with van der Waals surface area (Å²) in [5, 5.41) is 3.28. The SMILES string of the molecule is COc1cccc(NC(=O)c2ccc(CN(C)S(=O)(=O)c3ccc(Cl)cc3)cc2)c1. The maximum Gasteiger partial charge on any atom is 0.255 e. The molecule has 1 N–H and O–H groups in total. The van der Waals surface area contributed by atoms with E-state index in [0.29, 0.717) is 22.0 Å². The Hall–Kier alpha value is -2.87. The van der Waals surface area contributed by atoms with Gasteiger partial charge in [0, 0.05) is 35.9 Å². The van der Waals surface area contributed by atoms with Crippen LogP contribution in [0.25, 0.3) is 0 Å². The zero-order valence-electron chi connectivity index (χ0n) is 16.5. The minimum Gasteiger partial charge on any atom is -0.497 e. The van der Waals surface area contributed by atoms with Crippen molar-refractivity contribution in [2.24, 2.45) is 0 Å². The molecule has 6 nitrogen and oxygen atoms in total. The molecule has 8 heteroatoms. The van der Waals surface area contributed by atoms with Crippen LogP contribution in [0.2, 0.25) is 5.02 Å². The van der Waals surface area contributed by atoms with Gasteiger partial charge in [0.1, 0.15) is 5.75 Å². The molecule has 0 aliphatic heterocycles. The quantitative estimate of drug-likeness (QED) is 0.585. The van der Waals surface area contributed by atoms with Crippen LogP contribution >= 0.6 is 11.6 Å². The first-order chi connectivity index (χ1) is 14.3. The molecule has 0 fully saturated rings. The molecule has 3 rings (SSSR count). The summed E-state index contributed by atoms with van der Waals surface area (Å²) in [7, 11) is -0.578. The minimum atomic E-state index is -3.64. The molecule has 0 atom stereocenters. The van der Waals surface area contributed by atoms with E-state index in [1.807, 2.05) is 0 Å². The van der Waals surface area contributed by atoms with Gasteiger partial charge in [-0.15, -0.1) is 0 Å². The Morgan fingerprint density at radius 1 is 1.03 bits per heavy atom. The van der Waals surface area contributed by atoms with Crippen LogP contribution in [0, 0.1) is 0 Å². The summed E-state index contributed by atoms with van der Waals surface area (Å²) in [4.78, 5) is 12.6. The monoisotopic (exact) mass is 444 g/mol. The van der Waals surface area contributed by atoms with Gasteiger partial charge < -0.3 is 10.1 Å². The minimum absolute atomic E-state index is 0.169. The second-order valence-corrected chi connectivity index (χ2v) is 9.08. The fourth-order valence-electron chi connectivity index (χ4n) is 2.79. The van der Waals surface area contributed by atoms with Gasteiger partial charge in [-0.05, 0) is 54.1 Å². The second kappa shape index (κ2) is 9.30. The van der Waals surface area contributed by atoms with Crippen LogP contribution in [0.1, 0.15) is 15.9 Å². The molecule has 30 heavy (non-hydrogen) atoms. The van der Waals surface area contributed by atoms with Gasteiger partial charge in [0.05, 0.1) is 12.0 Å². The maximum absolute atomic E-state index is 12.7. The van der Waals surface area contributed by atoms with E-state index >= 15 is 0 Å². The third-order valence-electron chi connectivity index (χ3n) is 4.47.